The molecule has 12 nitrogen and oxygen atoms in total. The van der Waals surface area contributed by atoms with Crippen LogP contribution in [0.5, 0.6) is 0 Å². The Morgan fingerprint density at radius 1 is 1.11 bits per heavy atom. The van der Waals surface area contributed by atoms with Gasteiger partial charge >= 0.3 is 0 Å². The van der Waals surface area contributed by atoms with Gasteiger partial charge in [-0.25, -0.2) is 14.6 Å². The average molecular weight is 474 g/mol. The van der Waals surface area contributed by atoms with E-state index in [9.17, 15) is 19.2 Å². The van der Waals surface area contributed by atoms with Crippen LogP contribution in [-0.2, 0) is 29.1 Å². The molecule has 178 valence electrons. The predicted molar refractivity (Wildman–Crippen MR) is 120 cm³/mol. The van der Waals surface area contributed by atoms with Gasteiger partial charge in [-0.15, -0.1) is 5.10 Å². The first-order valence-electron chi connectivity index (χ1n) is 11.3. The molecule has 12 heteroatoms. The molecular weight excluding hydrogens is 452 g/mol. The standard InChI is InChI=1S/C23H20N8O4.H2/c32-20-4-3-19(21(33)26-20)30-10-13-7-15(1-2-16(13)22(30)34)31-11-18(27-28-31)23(35)29-6-5-17-14(9-29)8-24-12-25-17;/h1-2,7-8,11-12,19H,3-6,9-10H2,(H,26,32,33);1H. The van der Waals surface area contributed by atoms with Crippen LogP contribution >= 0.6 is 0 Å². The van der Waals surface area contributed by atoms with Crippen LogP contribution in [0.25, 0.3) is 5.69 Å². The van der Waals surface area contributed by atoms with Gasteiger partial charge in [0.1, 0.15) is 12.4 Å². The molecule has 5 heterocycles. The Morgan fingerprint density at radius 3 is 2.86 bits per heavy atom. The molecule has 0 bridgehead atoms. The third-order valence-corrected chi connectivity index (χ3v) is 6.63. The molecule has 35 heavy (non-hydrogen) atoms. The smallest absolute Gasteiger partial charge is 0.276 e. The number of carbonyl (C=O) groups is 4. The number of carbonyl (C=O) groups excluding carboxylic acids is 4. The van der Waals surface area contributed by atoms with Gasteiger partial charge in [-0.05, 0) is 30.2 Å². The summed E-state index contributed by atoms with van der Waals surface area (Å²) in [7, 11) is 0. The Balaban J connectivity index is 0.00000267. The van der Waals surface area contributed by atoms with E-state index in [2.05, 4.69) is 25.6 Å². The zero-order chi connectivity index (χ0) is 24.1. The fraction of sp³-hybridized carbons (Fsp3) is 0.304. The molecule has 1 N–H and O–H groups in total. The van der Waals surface area contributed by atoms with E-state index in [0.29, 0.717) is 37.2 Å². The van der Waals surface area contributed by atoms with Crippen LogP contribution in [0, 0.1) is 0 Å². The minimum absolute atomic E-state index is 0. The number of hydrogen-bond donors (Lipinski definition) is 1. The highest BCUT2D eigenvalue weighted by Gasteiger charge is 2.39. The maximum atomic E-state index is 13.0. The van der Waals surface area contributed by atoms with Crippen molar-refractivity contribution in [3.8, 4) is 5.69 Å². The fourth-order valence-electron chi connectivity index (χ4n) is 4.79. The second-order valence-electron chi connectivity index (χ2n) is 8.76. The maximum Gasteiger partial charge on any atom is 0.276 e. The molecule has 3 aromatic rings. The fourth-order valence-corrected chi connectivity index (χ4v) is 4.79. The van der Waals surface area contributed by atoms with E-state index in [1.54, 1.807) is 35.5 Å². The molecule has 1 atom stereocenters. The molecule has 1 saturated heterocycles. The molecule has 4 amide bonds. The zero-order valence-electron chi connectivity index (χ0n) is 18.5. The van der Waals surface area contributed by atoms with Gasteiger partial charge in [0.05, 0.1) is 17.6 Å². The van der Waals surface area contributed by atoms with Crippen LogP contribution in [0.1, 0.15) is 51.9 Å². The predicted octanol–water partition coefficient (Wildman–Crippen LogP) is 0.263. The monoisotopic (exact) mass is 474 g/mol. The minimum atomic E-state index is -0.674. The first-order valence-corrected chi connectivity index (χ1v) is 11.3. The first-order chi connectivity index (χ1) is 17.0. The number of hydrogen-bond acceptors (Lipinski definition) is 8. The molecule has 6 rings (SSSR count). The Labute approximate surface area is 200 Å². The van der Waals surface area contributed by atoms with Crippen molar-refractivity contribution in [1.82, 2.24) is 40.1 Å². The Bertz CT molecular complexity index is 1410. The molecule has 0 saturated carbocycles. The van der Waals surface area contributed by atoms with E-state index >= 15 is 0 Å². The lowest BCUT2D eigenvalue weighted by Gasteiger charge is -2.29. The van der Waals surface area contributed by atoms with Crippen LogP contribution in [0.4, 0.5) is 0 Å². The van der Waals surface area contributed by atoms with Crippen molar-refractivity contribution in [3.63, 3.8) is 0 Å². The van der Waals surface area contributed by atoms with Crippen molar-refractivity contribution in [2.24, 2.45) is 0 Å². The highest BCUT2D eigenvalue weighted by atomic mass is 16.2. The van der Waals surface area contributed by atoms with Crippen LogP contribution in [-0.4, -0.2) is 71.0 Å². The minimum Gasteiger partial charge on any atom is -0.332 e. The quantitative estimate of drug-likeness (QED) is 0.533. The summed E-state index contributed by atoms with van der Waals surface area (Å²) in [5.74, 6) is -1.25. The Morgan fingerprint density at radius 2 is 2.00 bits per heavy atom. The lowest BCUT2D eigenvalue weighted by atomic mass is 10.0. The molecule has 3 aliphatic rings. The van der Waals surface area contributed by atoms with Crippen LogP contribution in [0.2, 0.25) is 0 Å². The van der Waals surface area contributed by atoms with Gasteiger partial charge in [-0.2, -0.15) is 0 Å². The first kappa shape index (κ1) is 21.1. The van der Waals surface area contributed by atoms with E-state index < -0.39 is 11.9 Å². The average Bonchev–Trinajstić information content (AvgIpc) is 3.48. The Hall–Kier alpha value is -4.48. The highest BCUT2D eigenvalue weighted by molar-refractivity contribution is 6.05. The lowest BCUT2D eigenvalue weighted by molar-refractivity contribution is -0.136. The SMILES string of the molecule is O=C1CCC(N2Cc3cc(-n4cc(C(=O)N5CCc6ncncc6C5)nn4)ccc3C2=O)C(=O)N1.[HH]. The van der Waals surface area contributed by atoms with Crippen molar-refractivity contribution in [2.75, 3.05) is 6.54 Å². The summed E-state index contributed by atoms with van der Waals surface area (Å²) >= 11 is 0. The Kier molecular flexibility index (Phi) is 4.87. The molecule has 3 aliphatic heterocycles. The molecule has 0 aliphatic carbocycles. The van der Waals surface area contributed by atoms with Gasteiger partial charge in [0.25, 0.3) is 11.8 Å². The number of fused-ring (bicyclic) bond motifs is 2. The summed E-state index contributed by atoms with van der Waals surface area (Å²) in [6.45, 7) is 1.20. The number of rotatable bonds is 3. The van der Waals surface area contributed by atoms with E-state index in [1.807, 2.05) is 0 Å². The summed E-state index contributed by atoms with van der Waals surface area (Å²) < 4.78 is 1.49. The number of nitrogens with one attached hydrogen (secondary N) is 1. The van der Waals surface area contributed by atoms with E-state index in [1.165, 1.54) is 15.9 Å². The summed E-state index contributed by atoms with van der Waals surface area (Å²) in [5, 5.41) is 10.5. The van der Waals surface area contributed by atoms with E-state index in [-0.39, 0.29) is 37.8 Å². The van der Waals surface area contributed by atoms with Crippen molar-refractivity contribution in [1.29, 1.82) is 0 Å². The third kappa shape index (κ3) is 3.63. The number of aromatic nitrogens is 5. The molecule has 0 spiro atoms. The lowest BCUT2D eigenvalue weighted by Crippen LogP contribution is -2.52. The van der Waals surface area contributed by atoms with Crippen molar-refractivity contribution in [3.05, 3.63) is 65.0 Å². The van der Waals surface area contributed by atoms with Gasteiger partial charge in [0.15, 0.2) is 5.69 Å². The van der Waals surface area contributed by atoms with E-state index in [4.69, 9.17) is 0 Å². The number of piperidine rings is 1. The van der Waals surface area contributed by atoms with Crippen molar-refractivity contribution < 1.29 is 20.6 Å². The van der Waals surface area contributed by atoms with Gasteiger partial charge < -0.3 is 9.80 Å². The zero-order valence-corrected chi connectivity index (χ0v) is 18.5. The molecule has 1 unspecified atom stereocenters. The van der Waals surface area contributed by atoms with Crippen LogP contribution in [0.3, 0.4) is 0 Å². The van der Waals surface area contributed by atoms with Crippen LogP contribution in [0.15, 0.2) is 36.9 Å². The summed E-state index contributed by atoms with van der Waals surface area (Å²) in [5.41, 5.74) is 3.98. The van der Waals surface area contributed by atoms with Gasteiger partial charge in [0, 0.05) is 51.2 Å². The summed E-state index contributed by atoms with van der Waals surface area (Å²) in [6, 6.07) is 4.54. The van der Waals surface area contributed by atoms with Crippen molar-refractivity contribution in [2.45, 2.75) is 38.4 Å². The molecule has 1 fully saturated rings. The van der Waals surface area contributed by atoms with E-state index in [0.717, 1.165) is 16.8 Å². The number of benzene rings is 1. The van der Waals surface area contributed by atoms with Gasteiger partial charge in [0.2, 0.25) is 11.8 Å². The largest absolute Gasteiger partial charge is 0.332 e. The second kappa shape index (κ2) is 8.08. The molecular formula is C23H22N8O4. The second-order valence-corrected chi connectivity index (χ2v) is 8.76. The maximum absolute atomic E-state index is 13.0. The molecule has 0 radical (unpaired) electrons. The van der Waals surface area contributed by atoms with Gasteiger partial charge in [-0.3, -0.25) is 24.5 Å². The topological polar surface area (TPSA) is 143 Å². The van der Waals surface area contributed by atoms with Crippen molar-refractivity contribution >= 4 is 23.6 Å². The number of imide groups is 1. The summed E-state index contributed by atoms with van der Waals surface area (Å²) in [4.78, 5) is 61.1. The molecule has 2 aromatic heterocycles. The number of nitrogens with zero attached hydrogens (tertiary/aromatic N) is 7. The highest BCUT2D eigenvalue weighted by Crippen LogP contribution is 2.29. The number of amides is 4. The van der Waals surface area contributed by atoms with Gasteiger partial charge in [-0.1, -0.05) is 5.21 Å². The van der Waals surface area contributed by atoms with Crippen LogP contribution < -0.4 is 5.32 Å². The molecule has 1 aromatic carbocycles. The third-order valence-electron chi connectivity index (χ3n) is 6.63. The normalized spacial score (nSPS) is 19.4. The summed E-state index contributed by atoms with van der Waals surface area (Å²) in [6.07, 6.45) is 5.96.